The summed E-state index contributed by atoms with van der Waals surface area (Å²) in [6.45, 7) is 0.174. The Morgan fingerprint density at radius 2 is 2.00 bits per heavy atom. The average Bonchev–Trinajstić information content (AvgIpc) is 3.02. The molecule has 1 aromatic carbocycles. The van der Waals surface area contributed by atoms with Gasteiger partial charge in [0.05, 0.1) is 13.3 Å². The highest BCUT2D eigenvalue weighted by atomic mass is 16.5. The van der Waals surface area contributed by atoms with Gasteiger partial charge in [-0.05, 0) is 42.0 Å². The van der Waals surface area contributed by atoms with Crippen molar-refractivity contribution >= 4 is 18.2 Å². The quantitative estimate of drug-likeness (QED) is 0.477. The van der Waals surface area contributed by atoms with Crippen LogP contribution in [0.15, 0.2) is 45.9 Å². The van der Waals surface area contributed by atoms with Crippen molar-refractivity contribution < 1.29 is 23.5 Å². The first kappa shape index (κ1) is 16.1. The molecule has 2 rings (SSSR count). The van der Waals surface area contributed by atoms with Crippen molar-refractivity contribution in [1.82, 2.24) is 5.43 Å². The smallest absolute Gasteiger partial charge is 0.373 e. The van der Waals surface area contributed by atoms with Crippen molar-refractivity contribution in [3.8, 4) is 5.75 Å². The zero-order valence-electron chi connectivity index (χ0n) is 12.3. The lowest BCUT2D eigenvalue weighted by atomic mass is 10.2. The maximum atomic E-state index is 11.3. The molecule has 2 amide bonds. The fraction of sp³-hybridized carbons (Fsp3) is 0.133. The molecule has 3 N–H and O–H groups in total. The van der Waals surface area contributed by atoms with E-state index < -0.39 is 12.0 Å². The van der Waals surface area contributed by atoms with Crippen LogP contribution in [0, 0.1) is 0 Å². The van der Waals surface area contributed by atoms with Gasteiger partial charge >= 0.3 is 12.0 Å². The van der Waals surface area contributed by atoms with E-state index in [0.29, 0.717) is 11.5 Å². The van der Waals surface area contributed by atoms with Gasteiger partial charge in [0.25, 0.3) is 0 Å². The predicted octanol–water partition coefficient (Wildman–Crippen LogP) is 1.65. The summed E-state index contributed by atoms with van der Waals surface area (Å²) in [6.07, 6.45) is 1.45. The van der Waals surface area contributed by atoms with E-state index in [0.717, 1.165) is 5.56 Å². The van der Waals surface area contributed by atoms with E-state index in [1.165, 1.54) is 19.4 Å². The number of carbonyl (C=O) groups excluding carboxylic acids is 2. The third kappa shape index (κ3) is 4.88. The largest absolute Gasteiger partial charge is 0.486 e. The Labute approximate surface area is 131 Å². The Hall–Kier alpha value is -3.29. The lowest BCUT2D eigenvalue weighted by molar-refractivity contribution is 0.0561. The molecule has 0 aliphatic heterocycles. The summed E-state index contributed by atoms with van der Waals surface area (Å²) in [5, 5.41) is 3.64. The van der Waals surface area contributed by atoms with Gasteiger partial charge in [-0.2, -0.15) is 5.10 Å². The second-order valence-electron chi connectivity index (χ2n) is 4.35. The van der Waals surface area contributed by atoms with Crippen LogP contribution >= 0.6 is 0 Å². The third-order valence-electron chi connectivity index (χ3n) is 2.70. The fourth-order valence-corrected chi connectivity index (χ4v) is 1.64. The molecule has 2 aromatic rings. The molecule has 8 nitrogen and oxygen atoms in total. The molecule has 0 radical (unpaired) electrons. The number of nitrogens with one attached hydrogen (secondary N) is 1. The van der Waals surface area contributed by atoms with Crippen LogP contribution in [-0.2, 0) is 11.3 Å². The van der Waals surface area contributed by atoms with Crippen molar-refractivity contribution in [3.63, 3.8) is 0 Å². The molecule has 0 bridgehead atoms. The molecule has 0 aliphatic rings. The van der Waals surface area contributed by atoms with Crippen molar-refractivity contribution in [2.45, 2.75) is 6.61 Å². The number of methoxy groups -OCH3 is 1. The van der Waals surface area contributed by atoms with Crippen LogP contribution in [0.1, 0.15) is 21.9 Å². The number of furan rings is 1. The summed E-state index contributed by atoms with van der Waals surface area (Å²) in [5.74, 6) is 0.701. The Balaban J connectivity index is 1.88. The maximum absolute atomic E-state index is 11.3. The fourth-order valence-electron chi connectivity index (χ4n) is 1.64. The standard InChI is InChI=1S/C15H15N3O5/c1-21-14(19)13-7-6-12(23-13)9-22-11-4-2-10(3-5-11)8-17-18-15(16)20/h2-8H,9H2,1H3,(H3,16,18,20)/b17-8-. The Morgan fingerprint density at radius 3 is 2.65 bits per heavy atom. The summed E-state index contributed by atoms with van der Waals surface area (Å²) in [5.41, 5.74) is 7.74. The molecule has 0 saturated carbocycles. The number of esters is 1. The zero-order valence-corrected chi connectivity index (χ0v) is 12.3. The number of nitrogens with zero attached hydrogens (tertiary/aromatic N) is 1. The third-order valence-corrected chi connectivity index (χ3v) is 2.70. The number of ether oxygens (including phenoxy) is 2. The lowest BCUT2D eigenvalue weighted by Crippen LogP contribution is -2.24. The van der Waals surface area contributed by atoms with Crippen LogP contribution in [0.4, 0.5) is 4.79 Å². The van der Waals surface area contributed by atoms with E-state index in [4.69, 9.17) is 14.9 Å². The number of rotatable bonds is 6. The van der Waals surface area contributed by atoms with Gasteiger partial charge in [0.15, 0.2) is 0 Å². The van der Waals surface area contributed by atoms with Crippen molar-refractivity contribution in [3.05, 3.63) is 53.5 Å². The van der Waals surface area contributed by atoms with Crippen LogP contribution in [0.3, 0.4) is 0 Å². The molecule has 0 aliphatic carbocycles. The summed E-state index contributed by atoms with van der Waals surface area (Å²) in [7, 11) is 1.28. The molecular weight excluding hydrogens is 302 g/mol. The second kappa shape index (κ2) is 7.64. The molecule has 0 spiro atoms. The van der Waals surface area contributed by atoms with E-state index in [-0.39, 0.29) is 12.4 Å². The summed E-state index contributed by atoms with van der Waals surface area (Å²) in [6, 6.07) is 9.41. The zero-order chi connectivity index (χ0) is 16.7. The van der Waals surface area contributed by atoms with E-state index in [1.54, 1.807) is 30.3 Å². The molecule has 1 heterocycles. The molecule has 1 aromatic heterocycles. The van der Waals surface area contributed by atoms with Crippen LogP contribution in [0.5, 0.6) is 5.75 Å². The minimum absolute atomic E-state index is 0.125. The SMILES string of the molecule is COC(=O)c1ccc(COc2ccc(/C=N\NC(N)=O)cc2)o1. The Bertz CT molecular complexity index is 706. The minimum atomic E-state index is -0.731. The number of nitrogens with two attached hydrogens (primary N) is 1. The average molecular weight is 317 g/mol. The number of urea groups is 1. The van der Waals surface area contributed by atoms with Crippen LogP contribution in [-0.4, -0.2) is 25.3 Å². The van der Waals surface area contributed by atoms with Gasteiger partial charge in [-0.15, -0.1) is 0 Å². The van der Waals surface area contributed by atoms with Gasteiger partial charge < -0.3 is 19.6 Å². The number of hydrogen-bond acceptors (Lipinski definition) is 6. The maximum Gasteiger partial charge on any atom is 0.373 e. The number of primary amides is 1. The topological polar surface area (TPSA) is 116 Å². The van der Waals surface area contributed by atoms with E-state index >= 15 is 0 Å². The highest BCUT2D eigenvalue weighted by Crippen LogP contribution is 2.15. The van der Waals surface area contributed by atoms with Gasteiger partial charge in [0.1, 0.15) is 18.1 Å². The van der Waals surface area contributed by atoms with Gasteiger partial charge in [-0.3, -0.25) is 0 Å². The lowest BCUT2D eigenvalue weighted by Gasteiger charge is -2.04. The second-order valence-corrected chi connectivity index (χ2v) is 4.35. The first-order valence-corrected chi connectivity index (χ1v) is 6.57. The van der Waals surface area contributed by atoms with Crippen molar-refractivity contribution in [1.29, 1.82) is 0 Å². The monoisotopic (exact) mass is 317 g/mol. The molecule has 0 atom stereocenters. The Morgan fingerprint density at radius 1 is 1.26 bits per heavy atom. The first-order valence-electron chi connectivity index (χ1n) is 6.57. The van der Waals surface area contributed by atoms with Crippen LogP contribution in [0.2, 0.25) is 0 Å². The minimum Gasteiger partial charge on any atom is -0.486 e. The first-order chi connectivity index (χ1) is 11.1. The van der Waals surface area contributed by atoms with Crippen molar-refractivity contribution in [2.24, 2.45) is 10.8 Å². The number of benzene rings is 1. The van der Waals surface area contributed by atoms with Crippen LogP contribution in [0.25, 0.3) is 0 Å². The molecule has 0 unspecified atom stereocenters. The summed E-state index contributed by atoms with van der Waals surface area (Å²) in [4.78, 5) is 21.7. The summed E-state index contributed by atoms with van der Waals surface area (Å²) < 4.78 is 15.4. The molecule has 8 heteroatoms. The summed E-state index contributed by atoms with van der Waals surface area (Å²) >= 11 is 0. The van der Waals surface area contributed by atoms with E-state index in [2.05, 4.69) is 15.3 Å². The number of carbonyl (C=O) groups is 2. The van der Waals surface area contributed by atoms with Gasteiger partial charge in [-0.25, -0.2) is 15.0 Å². The van der Waals surface area contributed by atoms with Gasteiger partial charge in [0, 0.05) is 0 Å². The molecule has 0 saturated heterocycles. The molecule has 23 heavy (non-hydrogen) atoms. The number of amides is 2. The van der Waals surface area contributed by atoms with Crippen LogP contribution < -0.4 is 15.9 Å². The highest BCUT2D eigenvalue weighted by molar-refractivity contribution is 5.86. The van der Waals surface area contributed by atoms with E-state index in [1.807, 2.05) is 0 Å². The van der Waals surface area contributed by atoms with Gasteiger partial charge in [0.2, 0.25) is 5.76 Å². The molecular formula is C15H15N3O5. The number of hydrogen-bond donors (Lipinski definition) is 2. The van der Waals surface area contributed by atoms with E-state index in [9.17, 15) is 9.59 Å². The Kier molecular flexibility index (Phi) is 5.35. The highest BCUT2D eigenvalue weighted by Gasteiger charge is 2.11. The normalized spacial score (nSPS) is 10.5. The molecule has 120 valence electrons. The number of hydrazone groups is 1. The molecule has 0 fully saturated rings. The van der Waals surface area contributed by atoms with Gasteiger partial charge in [-0.1, -0.05) is 0 Å². The predicted molar refractivity (Wildman–Crippen MR) is 81.1 cm³/mol. The van der Waals surface area contributed by atoms with Crippen molar-refractivity contribution in [2.75, 3.05) is 7.11 Å².